The Morgan fingerprint density at radius 1 is 1.09 bits per heavy atom. The molecule has 5 nitrogen and oxygen atoms in total. The van der Waals surface area contributed by atoms with Crippen LogP contribution in [0.4, 0.5) is 11.4 Å². The van der Waals surface area contributed by atoms with E-state index in [2.05, 4.69) is 10.0 Å². The van der Waals surface area contributed by atoms with Gasteiger partial charge in [0.05, 0.1) is 18.0 Å². The third-order valence-corrected chi connectivity index (χ3v) is 5.45. The van der Waals surface area contributed by atoms with Crippen molar-refractivity contribution in [3.05, 3.63) is 24.3 Å². The second kappa shape index (κ2) is 6.08. The summed E-state index contributed by atoms with van der Waals surface area (Å²) in [5, 5.41) is 3.55. The summed E-state index contributed by atoms with van der Waals surface area (Å²) in [4.78, 5) is 0. The van der Waals surface area contributed by atoms with Crippen molar-refractivity contribution in [2.24, 2.45) is 11.8 Å². The van der Waals surface area contributed by atoms with Gasteiger partial charge in [-0.15, -0.1) is 0 Å². The number of fused-ring (bicyclic) bond motifs is 1. The van der Waals surface area contributed by atoms with Crippen LogP contribution in [0.5, 0.6) is 0 Å². The van der Waals surface area contributed by atoms with E-state index in [1.165, 1.54) is 25.7 Å². The minimum atomic E-state index is -3.23. The Morgan fingerprint density at radius 2 is 1.73 bits per heavy atom. The Labute approximate surface area is 132 Å². The van der Waals surface area contributed by atoms with E-state index in [4.69, 9.17) is 4.74 Å². The van der Waals surface area contributed by atoms with Crippen molar-refractivity contribution >= 4 is 21.4 Å². The van der Waals surface area contributed by atoms with Gasteiger partial charge in [0.1, 0.15) is 0 Å². The van der Waals surface area contributed by atoms with Crippen LogP contribution in [-0.4, -0.2) is 33.9 Å². The van der Waals surface area contributed by atoms with Crippen molar-refractivity contribution in [1.29, 1.82) is 0 Å². The minimum absolute atomic E-state index is 0.443. The summed E-state index contributed by atoms with van der Waals surface area (Å²) >= 11 is 0. The van der Waals surface area contributed by atoms with Crippen molar-refractivity contribution in [1.82, 2.24) is 0 Å². The molecule has 4 atom stereocenters. The lowest BCUT2D eigenvalue weighted by atomic mass is 10.0. The summed E-state index contributed by atoms with van der Waals surface area (Å²) in [6.07, 6.45) is 6.31. The van der Waals surface area contributed by atoms with Gasteiger partial charge in [0.2, 0.25) is 10.0 Å². The first-order valence-corrected chi connectivity index (χ1v) is 9.69. The van der Waals surface area contributed by atoms with E-state index in [0.29, 0.717) is 17.8 Å². The first-order valence-electron chi connectivity index (χ1n) is 7.80. The first-order chi connectivity index (χ1) is 10.4. The maximum absolute atomic E-state index is 11.3. The molecule has 2 fully saturated rings. The molecule has 0 bridgehead atoms. The third kappa shape index (κ3) is 3.73. The van der Waals surface area contributed by atoms with E-state index in [0.717, 1.165) is 23.8 Å². The smallest absolute Gasteiger partial charge is 0.229 e. The lowest BCUT2D eigenvalue weighted by molar-refractivity contribution is 0.101. The molecular formula is C16H24N2O3S. The number of ether oxygens (including phenoxy) is 1. The first kappa shape index (κ1) is 15.6. The number of sulfonamides is 1. The minimum Gasteiger partial charge on any atom is -0.382 e. The van der Waals surface area contributed by atoms with Gasteiger partial charge in [-0.1, -0.05) is 6.07 Å². The molecule has 2 unspecified atom stereocenters. The van der Waals surface area contributed by atoms with Crippen LogP contribution in [0.3, 0.4) is 0 Å². The highest BCUT2D eigenvalue weighted by Crippen LogP contribution is 2.45. The molecule has 2 aliphatic rings. The predicted molar refractivity (Wildman–Crippen MR) is 88.6 cm³/mol. The van der Waals surface area contributed by atoms with Crippen LogP contribution in [0, 0.1) is 11.8 Å². The molecule has 22 heavy (non-hydrogen) atoms. The van der Waals surface area contributed by atoms with E-state index >= 15 is 0 Å². The summed E-state index contributed by atoms with van der Waals surface area (Å²) in [7, 11) is -1.43. The fourth-order valence-electron chi connectivity index (χ4n) is 3.99. The van der Waals surface area contributed by atoms with Crippen molar-refractivity contribution in [3.8, 4) is 0 Å². The number of hydrogen-bond donors (Lipinski definition) is 2. The Bertz CT molecular complexity index is 618. The quantitative estimate of drug-likeness (QED) is 0.874. The molecule has 1 aromatic rings. The van der Waals surface area contributed by atoms with Crippen molar-refractivity contribution in [3.63, 3.8) is 0 Å². The van der Waals surface area contributed by atoms with E-state index in [-0.39, 0.29) is 0 Å². The zero-order chi connectivity index (χ0) is 15.7. The molecule has 0 saturated heterocycles. The van der Waals surface area contributed by atoms with E-state index in [9.17, 15) is 8.42 Å². The van der Waals surface area contributed by atoms with Gasteiger partial charge in [-0.05, 0) is 55.7 Å². The van der Waals surface area contributed by atoms with Gasteiger partial charge in [-0.25, -0.2) is 8.42 Å². The predicted octanol–water partition coefficient (Wildman–Crippen LogP) is 2.67. The fourth-order valence-corrected chi connectivity index (χ4v) is 4.55. The SMILES string of the molecule is COC1C[C@H]2CC(Nc3cccc(NS(C)(=O)=O)c3)C[C@H]2C1. The number of hydrogen-bond acceptors (Lipinski definition) is 4. The van der Waals surface area contributed by atoms with Crippen molar-refractivity contribution in [2.75, 3.05) is 23.4 Å². The Balaban J connectivity index is 1.60. The molecule has 2 aliphatic carbocycles. The summed E-state index contributed by atoms with van der Waals surface area (Å²) in [6.45, 7) is 0. The highest BCUT2D eigenvalue weighted by atomic mass is 32.2. The van der Waals surface area contributed by atoms with Gasteiger partial charge >= 0.3 is 0 Å². The maximum atomic E-state index is 11.3. The number of benzene rings is 1. The Hall–Kier alpha value is -1.27. The summed E-state index contributed by atoms with van der Waals surface area (Å²) < 4.78 is 30.6. The largest absolute Gasteiger partial charge is 0.382 e. The molecule has 0 aromatic heterocycles. The lowest BCUT2D eigenvalue weighted by Crippen LogP contribution is -2.18. The van der Waals surface area contributed by atoms with Crippen LogP contribution in [0.2, 0.25) is 0 Å². The van der Waals surface area contributed by atoms with E-state index < -0.39 is 10.0 Å². The molecule has 2 N–H and O–H groups in total. The zero-order valence-electron chi connectivity index (χ0n) is 13.1. The van der Waals surface area contributed by atoms with Gasteiger partial charge in [-0.2, -0.15) is 0 Å². The maximum Gasteiger partial charge on any atom is 0.229 e. The number of rotatable bonds is 5. The van der Waals surface area contributed by atoms with Crippen LogP contribution in [0.15, 0.2) is 24.3 Å². The van der Waals surface area contributed by atoms with Gasteiger partial charge in [0.15, 0.2) is 0 Å². The fraction of sp³-hybridized carbons (Fsp3) is 0.625. The van der Waals surface area contributed by atoms with Gasteiger partial charge in [-0.3, -0.25) is 4.72 Å². The topological polar surface area (TPSA) is 67.4 Å². The van der Waals surface area contributed by atoms with E-state index in [1.54, 1.807) is 6.07 Å². The molecule has 3 rings (SSSR count). The van der Waals surface area contributed by atoms with Crippen LogP contribution < -0.4 is 10.0 Å². The molecule has 0 radical (unpaired) electrons. The normalized spacial score (nSPS) is 31.0. The lowest BCUT2D eigenvalue weighted by Gasteiger charge is -2.17. The highest BCUT2D eigenvalue weighted by molar-refractivity contribution is 7.92. The van der Waals surface area contributed by atoms with Gasteiger partial charge in [0, 0.05) is 18.8 Å². The molecule has 0 heterocycles. The molecule has 0 amide bonds. The Kier molecular flexibility index (Phi) is 4.32. The van der Waals surface area contributed by atoms with Crippen molar-refractivity contribution < 1.29 is 13.2 Å². The molecule has 0 spiro atoms. The number of anilines is 2. The molecule has 1 aromatic carbocycles. The second-order valence-corrected chi connectivity index (χ2v) is 8.37. The standard InChI is InChI=1S/C16H24N2O3S/c1-21-16-8-11-6-15(7-12(11)9-16)17-13-4-3-5-14(10-13)18-22(2,19)20/h3-5,10-12,15-18H,6-9H2,1-2H3/t11-,12+,15?,16?. The molecular weight excluding hydrogens is 300 g/mol. The number of nitrogens with one attached hydrogen (secondary N) is 2. The summed E-state index contributed by atoms with van der Waals surface area (Å²) in [6, 6.07) is 7.94. The molecule has 122 valence electrons. The van der Waals surface area contributed by atoms with E-state index in [1.807, 2.05) is 25.3 Å². The van der Waals surface area contributed by atoms with Crippen LogP contribution >= 0.6 is 0 Å². The Morgan fingerprint density at radius 3 is 2.32 bits per heavy atom. The van der Waals surface area contributed by atoms with Crippen LogP contribution in [-0.2, 0) is 14.8 Å². The third-order valence-electron chi connectivity index (χ3n) is 4.84. The molecule has 0 aliphatic heterocycles. The molecule has 2 saturated carbocycles. The summed E-state index contributed by atoms with van der Waals surface area (Å²) in [5.41, 5.74) is 1.58. The van der Waals surface area contributed by atoms with Gasteiger partial charge < -0.3 is 10.1 Å². The average Bonchev–Trinajstić information content (AvgIpc) is 2.94. The second-order valence-electron chi connectivity index (χ2n) is 6.62. The zero-order valence-corrected chi connectivity index (χ0v) is 13.9. The van der Waals surface area contributed by atoms with Crippen molar-refractivity contribution in [2.45, 2.75) is 37.8 Å². The van der Waals surface area contributed by atoms with Gasteiger partial charge in [0.25, 0.3) is 0 Å². The summed E-state index contributed by atoms with van der Waals surface area (Å²) in [5.74, 6) is 1.53. The average molecular weight is 324 g/mol. The highest BCUT2D eigenvalue weighted by Gasteiger charge is 2.41. The number of methoxy groups -OCH3 is 1. The van der Waals surface area contributed by atoms with Crippen LogP contribution in [0.1, 0.15) is 25.7 Å². The van der Waals surface area contributed by atoms with Crippen LogP contribution in [0.25, 0.3) is 0 Å². The monoisotopic (exact) mass is 324 g/mol. The molecule has 6 heteroatoms.